The van der Waals surface area contributed by atoms with Crippen molar-refractivity contribution in [1.82, 2.24) is 15.1 Å². The summed E-state index contributed by atoms with van der Waals surface area (Å²) in [5, 5.41) is 8.35. The summed E-state index contributed by atoms with van der Waals surface area (Å²) >= 11 is 6.32. The van der Waals surface area contributed by atoms with E-state index in [4.69, 9.17) is 16.3 Å². The van der Waals surface area contributed by atoms with Crippen LogP contribution in [0.3, 0.4) is 0 Å². The van der Waals surface area contributed by atoms with Gasteiger partial charge in [-0.3, -0.25) is 4.68 Å². The van der Waals surface area contributed by atoms with E-state index in [1.54, 1.807) is 13.3 Å². The lowest BCUT2D eigenvalue weighted by Gasteiger charge is -2.21. The molecule has 0 spiro atoms. The van der Waals surface area contributed by atoms with Crippen LogP contribution in [0.4, 0.5) is 0 Å². The molecule has 5 heteroatoms. The molecule has 1 aromatic heterocycles. The van der Waals surface area contributed by atoms with Gasteiger partial charge in [-0.15, -0.1) is 0 Å². The first-order chi connectivity index (χ1) is 9.58. The predicted molar refractivity (Wildman–Crippen MR) is 81.5 cm³/mol. The summed E-state index contributed by atoms with van der Waals surface area (Å²) in [6, 6.07) is 8.22. The molecule has 1 atom stereocenters. The fourth-order valence-electron chi connectivity index (χ4n) is 2.29. The number of hydrogen-bond acceptors (Lipinski definition) is 3. The maximum atomic E-state index is 6.32. The molecule has 108 valence electrons. The van der Waals surface area contributed by atoms with E-state index in [0.717, 1.165) is 17.0 Å². The second-order valence-electron chi connectivity index (χ2n) is 4.91. The number of hydrogen-bond donors (Lipinski definition) is 1. The van der Waals surface area contributed by atoms with Crippen LogP contribution >= 0.6 is 11.6 Å². The van der Waals surface area contributed by atoms with Crippen molar-refractivity contribution in [1.29, 1.82) is 0 Å². The number of nitrogens with zero attached hydrogens (tertiary/aromatic N) is 2. The minimum absolute atomic E-state index is 0.00157. The number of rotatable bonds is 5. The normalized spacial score (nSPS) is 12.7. The molecule has 0 saturated heterocycles. The molecule has 4 nitrogen and oxygen atoms in total. The van der Waals surface area contributed by atoms with Gasteiger partial charge in [0.1, 0.15) is 5.75 Å². The number of ether oxygens (including phenoxy) is 1. The van der Waals surface area contributed by atoms with Gasteiger partial charge in [0.15, 0.2) is 0 Å². The van der Waals surface area contributed by atoms with Crippen LogP contribution < -0.4 is 10.1 Å². The first kappa shape index (κ1) is 14.9. The van der Waals surface area contributed by atoms with Crippen LogP contribution in [0.5, 0.6) is 5.75 Å². The van der Waals surface area contributed by atoms with Gasteiger partial charge in [0.05, 0.1) is 30.1 Å². The monoisotopic (exact) mass is 293 g/mol. The third-order valence-corrected chi connectivity index (χ3v) is 3.58. The van der Waals surface area contributed by atoms with Crippen molar-refractivity contribution in [3.63, 3.8) is 0 Å². The zero-order valence-corrected chi connectivity index (χ0v) is 13.0. The highest BCUT2D eigenvalue weighted by atomic mass is 35.5. The quantitative estimate of drug-likeness (QED) is 0.918. The molecule has 2 aromatic rings. The van der Waals surface area contributed by atoms with Gasteiger partial charge in [0, 0.05) is 6.04 Å². The van der Waals surface area contributed by atoms with Crippen LogP contribution in [0.1, 0.15) is 37.2 Å². The van der Waals surface area contributed by atoms with Crippen molar-refractivity contribution >= 4 is 11.6 Å². The van der Waals surface area contributed by atoms with Gasteiger partial charge in [0.25, 0.3) is 0 Å². The Labute approximate surface area is 124 Å². The Kier molecular flexibility index (Phi) is 4.68. The van der Waals surface area contributed by atoms with Crippen LogP contribution in [-0.4, -0.2) is 23.9 Å². The first-order valence-electron chi connectivity index (χ1n) is 6.62. The number of methoxy groups -OCH3 is 1. The molecule has 1 unspecified atom stereocenters. The molecule has 1 heterocycles. The Bertz CT molecular complexity index is 563. The summed E-state index contributed by atoms with van der Waals surface area (Å²) in [6.45, 7) is 4.18. The molecule has 1 N–H and O–H groups in total. The van der Waals surface area contributed by atoms with E-state index >= 15 is 0 Å². The largest absolute Gasteiger partial charge is 0.497 e. The maximum Gasteiger partial charge on any atom is 0.118 e. The van der Waals surface area contributed by atoms with Gasteiger partial charge in [-0.1, -0.05) is 23.7 Å². The van der Waals surface area contributed by atoms with Crippen LogP contribution in [0.15, 0.2) is 30.5 Å². The van der Waals surface area contributed by atoms with E-state index in [1.807, 2.05) is 36.0 Å². The van der Waals surface area contributed by atoms with E-state index in [-0.39, 0.29) is 12.1 Å². The summed E-state index contributed by atoms with van der Waals surface area (Å²) in [5.74, 6) is 0.840. The Morgan fingerprint density at radius 2 is 1.90 bits per heavy atom. The second-order valence-corrected chi connectivity index (χ2v) is 5.32. The summed E-state index contributed by atoms with van der Waals surface area (Å²) in [4.78, 5) is 0. The Hall–Kier alpha value is -1.52. The highest BCUT2D eigenvalue weighted by Crippen LogP contribution is 2.30. The lowest BCUT2D eigenvalue weighted by atomic mass is 10.0. The van der Waals surface area contributed by atoms with Gasteiger partial charge in [0.2, 0.25) is 0 Å². The molecule has 0 bridgehead atoms. The molecule has 20 heavy (non-hydrogen) atoms. The van der Waals surface area contributed by atoms with Gasteiger partial charge in [-0.05, 0) is 38.6 Å². The van der Waals surface area contributed by atoms with Crippen LogP contribution in [0.2, 0.25) is 5.02 Å². The minimum atomic E-state index is -0.00157. The zero-order chi connectivity index (χ0) is 14.7. The second kappa shape index (κ2) is 6.29. The fraction of sp³-hybridized carbons (Fsp3) is 0.400. The summed E-state index contributed by atoms with van der Waals surface area (Å²) in [6.07, 6.45) is 1.70. The molecule has 0 amide bonds. The Morgan fingerprint density at radius 1 is 1.25 bits per heavy atom. The van der Waals surface area contributed by atoms with E-state index in [2.05, 4.69) is 24.3 Å². The zero-order valence-electron chi connectivity index (χ0n) is 12.2. The smallest absolute Gasteiger partial charge is 0.118 e. The maximum absolute atomic E-state index is 6.32. The predicted octanol–water partition coefficient (Wildman–Crippen LogP) is 3.43. The lowest BCUT2D eigenvalue weighted by Crippen LogP contribution is -2.22. The van der Waals surface area contributed by atoms with Crippen molar-refractivity contribution in [2.45, 2.75) is 25.9 Å². The van der Waals surface area contributed by atoms with Crippen molar-refractivity contribution < 1.29 is 4.74 Å². The number of benzene rings is 1. The van der Waals surface area contributed by atoms with Crippen molar-refractivity contribution in [3.05, 3.63) is 46.7 Å². The number of aromatic nitrogens is 2. The highest BCUT2D eigenvalue weighted by molar-refractivity contribution is 6.31. The molecule has 0 aliphatic carbocycles. The van der Waals surface area contributed by atoms with Gasteiger partial charge in [-0.2, -0.15) is 5.10 Å². The minimum Gasteiger partial charge on any atom is -0.497 e. The average molecular weight is 294 g/mol. The molecule has 0 aliphatic heterocycles. The van der Waals surface area contributed by atoms with E-state index in [0.29, 0.717) is 5.02 Å². The standard InChI is InChI=1S/C15H20ClN3O/c1-10(2)19-15(13(16)9-18-19)14(17-3)11-5-7-12(20-4)8-6-11/h5-10,14,17H,1-4H3. The Morgan fingerprint density at radius 3 is 2.40 bits per heavy atom. The van der Waals surface area contributed by atoms with Crippen molar-refractivity contribution in [3.8, 4) is 5.75 Å². The van der Waals surface area contributed by atoms with E-state index in [1.165, 1.54) is 0 Å². The topological polar surface area (TPSA) is 39.1 Å². The summed E-state index contributed by atoms with van der Waals surface area (Å²) in [7, 11) is 3.58. The average Bonchev–Trinajstić information content (AvgIpc) is 2.83. The molecular formula is C15H20ClN3O. The van der Waals surface area contributed by atoms with Crippen molar-refractivity contribution in [2.24, 2.45) is 0 Å². The van der Waals surface area contributed by atoms with Crippen LogP contribution in [-0.2, 0) is 0 Å². The van der Waals surface area contributed by atoms with Crippen LogP contribution in [0, 0.1) is 0 Å². The molecule has 0 radical (unpaired) electrons. The third kappa shape index (κ3) is 2.81. The SMILES string of the molecule is CNC(c1ccc(OC)cc1)c1c(Cl)cnn1C(C)C. The van der Waals surface area contributed by atoms with Gasteiger partial charge in [-0.25, -0.2) is 0 Å². The molecule has 2 rings (SSSR count). The highest BCUT2D eigenvalue weighted by Gasteiger charge is 2.22. The fourth-order valence-corrected chi connectivity index (χ4v) is 2.53. The van der Waals surface area contributed by atoms with Gasteiger partial charge >= 0.3 is 0 Å². The summed E-state index contributed by atoms with van der Waals surface area (Å²) < 4.78 is 7.15. The Balaban J connectivity index is 2.43. The summed E-state index contributed by atoms with van der Waals surface area (Å²) in [5.41, 5.74) is 2.10. The van der Waals surface area contributed by atoms with E-state index in [9.17, 15) is 0 Å². The van der Waals surface area contributed by atoms with E-state index < -0.39 is 0 Å². The number of halogens is 1. The molecule has 0 aliphatic rings. The molecular weight excluding hydrogens is 274 g/mol. The number of nitrogens with one attached hydrogen (secondary N) is 1. The first-order valence-corrected chi connectivity index (χ1v) is 7.00. The molecule has 0 saturated carbocycles. The molecule has 1 aromatic carbocycles. The third-order valence-electron chi connectivity index (χ3n) is 3.29. The van der Waals surface area contributed by atoms with Crippen LogP contribution in [0.25, 0.3) is 0 Å². The van der Waals surface area contributed by atoms with Gasteiger partial charge < -0.3 is 10.1 Å². The lowest BCUT2D eigenvalue weighted by molar-refractivity contribution is 0.414. The molecule has 0 fully saturated rings. The van der Waals surface area contributed by atoms with Crippen molar-refractivity contribution in [2.75, 3.05) is 14.2 Å².